The Morgan fingerprint density at radius 3 is 2.67 bits per heavy atom. The van der Waals surface area contributed by atoms with Crippen molar-refractivity contribution in [2.24, 2.45) is 5.92 Å². The van der Waals surface area contributed by atoms with Gasteiger partial charge >= 0.3 is 0 Å². The summed E-state index contributed by atoms with van der Waals surface area (Å²) in [7, 11) is 1.59. The summed E-state index contributed by atoms with van der Waals surface area (Å²) in [6, 6.07) is 10.8. The van der Waals surface area contributed by atoms with Gasteiger partial charge in [-0.15, -0.1) is 0 Å². The Morgan fingerprint density at radius 1 is 1.29 bits per heavy atom. The molecule has 0 spiro atoms. The van der Waals surface area contributed by atoms with Gasteiger partial charge in [0.15, 0.2) is 0 Å². The van der Waals surface area contributed by atoms with Crippen LogP contribution in [0, 0.1) is 5.92 Å². The molecule has 0 saturated carbocycles. The van der Waals surface area contributed by atoms with Gasteiger partial charge in [0, 0.05) is 30.0 Å². The molecule has 1 aromatic heterocycles. The van der Waals surface area contributed by atoms with Gasteiger partial charge in [-0.05, 0) is 42.7 Å². The molecule has 2 aromatic rings. The molecule has 1 heterocycles. The molecule has 0 saturated heterocycles. The second kappa shape index (κ2) is 8.45. The van der Waals surface area contributed by atoms with Gasteiger partial charge < -0.3 is 15.2 Å². The van der Waals surface area contributed by atoms with Crippen LogP contribution < -0.4 is 10.1 Å². The molecule has 0 aliphatic heterocycles. The summed E-state index contributed by atoms with van der Waals surface area (Å²) in [6.07, 6.45) is 2.24. The fourth-order valence-electron chi connectivity index (χ4n) is 2.53. The molecule has 0 fully saturated rings. The van der Waals surface area contributed by atoms with Crippen molar-refractivity contribution in [3.8, 4) is 17.0 Å². The number of aliphatic hydroxyl groups excluding tert-OH is 1. The van der Waals surface area contributed by atoms with Crippen molar-refractivity contribution >= 4 is 5.91 Å². The monoisotopic (exact) mass is 328 g/mol. The van der Waals surface area contributed by atoms with E-state index >= 15 is 0 Å². The van der Waals surface area contributed by atoms with Crippen LogP contribution in [-0.4, -0.2) is 35.8 Å². The number of hydrogen-bond donors (Lipinski definition) is 2. The van der Waals surface area contributed by atoms with Gasteiger partial charge in [0.1, 0.15) is 5.75 Å². The highest BCUT2D eigenvalue weighted by Gasteiger charge is 2.18. The van der Waals surface area contributed by atoms with Crippen LogP contribution in [0.15, 0.2) is 42.6 Å². The molecular formula is C19H24N2O3. The predicted octanol–water partition coefficient (Wildman–Crippen LogP) is 2.89. The molecule has 0 aliphatic rings. The van der Waals surface area contributed by atoms with E-state index in [9.17, 15) is 4.79 Å². The summed E-state index contributed by atoms with van der Waals surface area (Å²) in [5, 5.41) is 12.1. The zero-order valence-electron chi connectivity index (χ0n) is 14.3. The number of methoxy groups -OCH3 is 1. The van der Waals surface area contributed by atoms with E-state index in [-0.39, 0.29) is 24.5 Å². The summed E-state index contributed by atoms with van der Waals surface area (Å²) in [6.45, 7) is 4.09. The molecule has 5 nitrogen and oxygen atoms in total. The Morgan fingerprint density at radius 2 is 2.08 bits per heavy atom. The fraction of sp³-hybridized carbons (Fsp3) is 0.368. The van der Waals surface area contributed by atoms with Crippen molar-refractivity contribution in [2.75, 3.05) is 13.7 Å². The molecule has 128 valence electrons. The second-order valence-electron chi connectivity index (χ2n) is 5.97. The maximum atomic E-state index is 12.6. The number of nitrogens with zero attached hydrogens (tertiary/aromatic N) is 1. The molecule has 1 unspecified atom stereocenters. The largest absolute Gasteiger partial charge is 0.496 e. The number of pyridine rings is 1. The zero-order valence-corrected chi connectivity index (χ0v) is 14.3. The van der Waals surface area contributed by atoms with Crippen molar-refractivity contribution in [1.29, 1.82) is 0 Å². The maximum absolute atomic E-state index is 12.6. The van der Waals surface area contributed by atoms with Crippen molar-refractivity contribution in [1.82, 2.24) is 10.3 Å². The fourth-order valence-corrected chi connectivity index (χ4v) is 2.53. The third kappa shape index (κ3) is 4.32. The van der Waals surface area contributed by atoms with Crippen LogP contribution in [0.5, 0.6) is 5.75 Å². The Labute approximate surface area is 142 Å². The standard InChI is InChI=1S/C19H24N2O3/c1-13(2)16(9-11-22)21-19(23)14-7-8-18(24-3)15(12-14)17-6-4-5-10-20-17/h4-8,10,12-13,16,22H,9,11H2,1-3H3,(H,21,23). The van der Waals surface area contributed by atoms with E-state index in [4.69, 9.17) is 9.84 Å². The zero-order chi connectivity index (χ0) is 17.5. The van der Waals surface area contributed by atoms with Gasteiger partial charge in [0.2, 0.25) is 0 Å². The van der Waals surface area contributed by atoms with Gasteiger partial charge in [-0.3, -0.25) is 9.78 Å². The number of amides is 1. The van der Waals surface area contributed by atoms with Gasteiger partial charge in [-0.1, -0.05) is 19.9 Å². The molecule has 1 atom stereocenters. The normalized spacial score (nSPS) is 12.0. The first-order chi connectivity index (χ1) is 11.6. The number of hydrogen-bond acceptors (Lipinski definition) is 4. The topological polar surface area (TPSA) is 71.5 Å². The molecule has 0 aliphatic carbocycles. The summed E-state index contributed by atoms with van der Waals surface area (Å²) in [5.41, 5.74) is 2.06. The van der Waals surface area contributed by atoms with E-state index in [0.29, 0.717) is 17.7 Å². The highest BCUT2D eigenvalue weighted by atomic mass is 16.5. The second-order valence-corrected chi connectivity index (χ2v) is 5.97. The molecule has 0 radical (unpaired) electrons. The van der Waals surface area contributed by atoms with Crippen molar-refractivity contribution < 1.29 is 14.6 Å². The van der Waals surface area contributed by atoms with Crippen LogP contribution in [0.3, 0.4) is 0 Å². The van der Waals surface area contributed by atoms with Crippen LogP contribution >= 0.6 is 0 Å². The molecule has 1 aromatic carbocycles. The Hall–Kier alpha value is -2.40. The Kier molecular flexibility index (Phi) is 6.32. The minimum atomic E-state index is -0.165. The van der Waals surface area contributed by atoms with E-state index in [1.807, 2.05) is 32.0 Å². The number of nitrogens with one attached hydrogen (secondary N) is 1. The highest BCUT2D eigenvalue weighted by molar-refractivity contribution is 5.96. The number of rotatable bonds is 7. The van der Waals surface area contributed by atoms with Crippen LogP contribution in [0.2, 0.25) is 0 Å². The van der Waals surface area contributed by atoms with Gasteiger partial charge in [-0.25, -0.2) is 0 Å². The average Bonchev–Trinajstić information content (AvgIpc) is 2.61. The van der Waals surface area contributed by atoms with E-state index in [2.05, 4.69) is 10.3 Å². The van der Waals surface area contributed by atoms with Crippen LogP contribution in [-0.2, 0) is 0 Å². The van der Waals surface area contributed by atoms with Gasteiger partial charge in [0.25, 0.3) is 5.91 Å². The molecular weight excluding hydrogens is 304 g/mol. The van der Waals surface area contributed by atoms with Crippen molar-refractivity contribution in [2.45, 2.75) is 26.3 Å². The number of benzene rings is 1. The third-order valence-electron chi connectivity index (χ3n) is 3.96. The summed E-state index contributed by atoms with van der Waals surface area (Å²) in [4.78, 5) is 16.9. The summed E-state index contributed by atoms with van der Waals surface area (Å²) in [5.74, 6) is 0.748. The summed E-state index contributed by atoms with van der Waals surface area (Å²) >= 11 is 0. The van der Waals surface area contributed by atoms with Gasteiger partial charge in [0.05, 0.1) is 12.8 Å². The number of ether oxygens (including phenoxy) is 1. The van der Waals surface area contributed by atoms with Crippen LogP contribution in [0.25, 0.3) is 11.3 Å². The van der Waals surface area contributed by atoms with E-state index in [0.717, 1.165) is 11.3 Å². The lowest BCUT2D eigenvalue weighted by Gasteiger charge is -2.21. The van der Waals surface area contributed by atoms with Crippen LogP contribution in [0.4, 0.5) is 0 Å². The number of aliphatic hydroxyl groups is 1. The quantitative estimate of drug-likeness (QED) is 0.820. The number of aromatic nitrogens is 1. The van der Waals surface area contributed by atoms with E-state index in [1.54, 1.807) is 31.5 Å². The lowest BCUT2D eigenvalue weighted by molar-refractivity contribution is 0.0916. The molecule has 0 bridgehead atoms. The lowest BCUT2D eigenvalue weighted by atomic mass is 10.00. The molecule has 2 rings (SSSR count). The first-order valence-corrected chi connectivity index (χ1v) is 8.08. The molecule has 5 heteroatoms. The number of carbonyl (C=O) groups is 1. The molecule has 2 N–H and O–H groups in total. The third-order valence-corrected chi connectivity index (χ3v) is 3.96. The van der Waals surface area contributed by atoms with Crippen LogP contribution in [0.1, 0.15) is 30.6 Å². The minimum Gasteiger partial charge on any atom is -0.496 e. The highest BCUT2D eigenvalue weighted by Crippen LogP contribution is 2.29. The number of carbonyl (C=O) groups excluding carboxylic acids is 1. The predicted molar refractivity (Wildman–Crippen MR) is 94.0 cm³/mol. The molecule has 24 heavy (non-hydrogen) atoms. The molecule has 1 amide bonds. The van der Waals surface area contributed by atoms with Gasteiger partial charge in [-0.2, -0.15) is 0 Å². The van der Waals surface area contributed by atoms with E-state index in [1.165, 1.54) is 0 Å². The summed E-state index contributed by atoms with van der Waals surface area (Å²) < 4.78 is 5.39. The first kappa shape index (κ1) is 17.9. The van der Waals surface area contributed by atoms with Crippen molar-refractivity contribution in [3.63, 3.8) is 0 Å². The average molecular weight is 328 g/mol. The lowest BCUT2D eigenvalue weighted by Crippen LogP contribution is -2.39. The van der Waals surface area contributed by atoms with Crippen molar-refractivity contribution in [3.05, 3.63) is 48.2 Å². The Bertz CT molecular complexity index is 672. The minimum absolute atomic E-state index is 0.0466. The van der Waals surface area contributed by atoms with E-state index < -0.39 is 0 Å². The Balaban J connectivity index is 2.29. The maximum Gasteiger partial charge on any atom is 0.251 e. The smallest absolute Gasteiger partial charge is 0.251 e. The first-order valence-electron chi connectivity index (χ1n) is 8.08. The SMILES string of the molecule is COc1ccc(C(=O)NC(CCO)C(C)C)cc1-c1ccccn1.